The minimum atomic E-state index is -0.270. The fourth-order valence-corrected chi connectivity index (χ4v) is 3.55. The normalized spacial score (nSPS) is 26.3. The van der Waals surface area contributed by atoms with Crippen LogP contribution in [0.1, 0.15) is 19.3 Å². The van der Waals surface area contributed by atoms with E-state index in [-0.39, 0.29) is 10.6 Å². The molecule has 0 amide bonds. The summed E-state index contributed by atoms with van der Waals surface area (Å²) in [5.74, 6) is 0. The maximum Gasteiger partial charge on any atom is 0.293 e. The fourth-order valence-electron chi connectivity index (χ4n) is 3.07. The van der Waals surface area contributed by atoms with E-state index >= 15 is 0 Å². The molecule has 5 nitrogen and oxygen atoms in total. The van der Waals surface area contributed by atoms with E-state index in [4.69, 9.17) is 0 Å². The number of nitrogens with one attached hydrogen (secondary N) is 1. The van der Waals surface area contributed by atoms with Crippen LogP contribution < -0.4 is 10.2 Å². The predicted octanol–water partition coefficient (Wildman–Crippen LogP) is 2.53. The van der Waals surface area contributed by atoms with Gasteiger partial charge in [-0.05, 0) is 54.0 Å². The van der Waals surface area contributed by atoms with Gasteiger partial charge >= 0.3 is 0 Å². The van der Waals surface area contributed by atoms with Crippen molar-refractivity contribution in [2.75, 3.05) is 18.0 Å². The maximum absolute atomic E-state index is 11.2. The number of nitro groups is 1. The van der Waals surface area contributed by atoms with Gasteiger partial charge in [0.15, 0.2) is 0 Å². The van der Waals surface area contributed by atoms with Crippen molar-refractivity contribution in [1.29, 1.82) is 0 Å². The molecule has 2 bridgehead atoms. The second-order valence-corrected chi connectivity index (χ2v) is 6.51. The summed E-state index contributed by atoms with van der Waals surface area (Å²) in [7, 11) is 0. The number of nitrogens with zero attached hydrogens (tertiary/aromatic N) is 2. The number of nitro benzene ring substituents is 1. The number of hydrogen-bond donors (Lipinski definition) is 1. The predicted molar refractivity (Wildman–Crippen MR) is 82.6 cm³/mol. The Labute approximate surface area is 125 Å². The highest BCUT2D eigenvalue weighted by molar-refractivity contribution is 14.1. The first-order valence-corrected chi connectivity index (χ1v) is 7.66. The van der Waals surface area contributed by atoms with E-state index in [1.54, 1.807) is 6.07 Å². The van der Waals surface area contributed by atoms with Gasteiger partial charge in [0.05, 0.1) is 4.92 Å². The Morgan fingerprint density at radius 3 is 2.89 bits per heavy atom. The van der Waals surface area contributed by atoms with Crippen molar-refractivity contribution in [3.05, 3.63) is 31.9 Å². The molecule has 2 aliphatic rings. The third kappa shape index (κ3) is 2.69. The first kappa shape index (κ1) is 13.1. The Bertz CT molecular complexity index is 509. The molecule has 0 aromatic heterocycles. The van der Waals surface area contributed by atoms with Crippen LogP contribution in [0.5, 0.6) is 0 Å². The zero-order chi connectivity index (χ0) is 13.4. The van der Waals surface area contributed by atoms with E-state index in [9.17, 15) is 10.1 Å². The third-order valence-corrected chi connectivity index (χ3v) is 4.67. The van der Waals surface area contributed by atoms with Gasteiger partial charge in [0.1, 0.15) is 5.69 Å². The average Bonchev–Trinajstić information content (AvgIpc) is 2.69. The van der Waals surface area contributed by atoms with Crippen molar-refractivity contribution >= 4 is 34.0 Å². The first-order chi connectivity index (χ1) is 9.13. The van der Waals surface area contributed by atoms with Crippen LogP contribution in [0, 0.1) is 13.7 Å². The molecule has 0 spiro atoms. The van der Waals surface area contributed by atoms with Crippen molar-refractivity contribution < 1.29 is 4.92 Å². The third-order valence-electron chi connectivity index (χ3n) is 4.00. The molecule has 2 saturated heterocycles. The van der Waals surface area contributed by atoms with Gasteiger partial charge in [-0.25, -0.2) is 0 Å². The van der Waals surface area contributed by atoms with Crippen molar-refractivity contribution in [3.8, 4) is 0 Å². The van der Waals surface area contributed by atoms with Crippen LogP contribution in [-0.2, 0) is 0 Å². The summed E-state index contributed by atoms with van der Waals surface area (Å²) in [4.78, 5) is 13.1. The standard InChI is InChI=1S/C13H16IN3O2/c14-9-1-4-12(13(7-9)17(18)19)16-6-5-10-2-3-11(8-16)15-10/h1,4,7,10-11,15H,2-3,5-6,8H2. The molecule has 6 heteroatoms. The van der Waals surface area contributed by atoms with E-state index in [1.807, 2.05) is 12.1 Å². The summed E-state index contributed by atoms with van der Waals surface area (Å²) in [5, 5.41) is 14.8. The number of rotatable bonds is 2. The van der Waals surface area contributed by atoms with Crippen molar-refractivity contribution in [1.82, 2.24) is 5.32 Å². The molecule has 2 fully saturated rings. The summed E-state index contributed by atoms with van der Waals surface area (Å²) >= 11 is 2.12. The van der Waals surface area contributed by atoms with Crippen LogP contribution in [0.25, 0.3) is 0 Å². The Morgan fingerprint density at radius 2 is 2.11 bits per heavy atom. The highest BCUT2D eigenvalue weighted by Gasteiger charge is 2.31. The second kappa shape index (κ2) is 5.24. The van der Waals surface area contributed by atoms with Gasteiger partial charge in [0.25, 0.3) is 5.69 Å². The molecule has 3 rings (SSSR count). The molecule has 2 unspecified atom stereocenters. The second-order valence-electron chi connectivity index (χ2n) is 5.26. The fraction of sp³-hybridized carbons (Fsp3) is 0.538. The van der Waals surface area contributed by atoms with Gasteiger partial charge in [0, 0.05) is 34.8 Å². The number of benzene rings is 1. The van der Waals surface area contributed by atoms with Gasteiger partial charge in [-0.3, -0.25) is 10.1 Å². The molecule has 0 aliphatic carbocycles. The summed E-state index contributed by atoms with van der Waals surface area (Å²) in [6.45, 7) is 1.77. The zero-order valence-electron chi connectivity index (χ0n) is 10.5. The largest absolute Gasteiger partial charge is 0.364 e. The van der Waals surface area contributed by atoms with E-state index < -0.39 is 0 Å². The van der Waals surface area contributed by atoms with E-state index in [2.05, 4.69) is 32.8 Å². The SMILES string of the molecule is O=[N+]([O-])c1cc(I)ccc1N1CCC2CCC(C1)N2. The zero-order valence-corrected chi connectivity index (χ0v) is 12.7. The summed E-state index contributed by atoms with van der Waals surface area (Å²) in [6.07, 6.45) is 3.49. The van der Waals surface area contributed by atoms with Gasteiger partial charge < -0.3 is 10.2 Å². The Balaban J connectivity index is 1.91. The number of anilines is 1. The van der Waals surface area contributed by atoms with Crippen LogP contribution in [0.3, 0.4) is 0 Å². The molecule has 2 atom stereocenters. The van der Waals surface area contributed by atoms with Gasteiger partial charge in [-0.2, -0.15) is 0 Å². The average molecular weight is 373 g/mol. The Hall–Kier alpha value is -0.890. The lowest BCUT2D eigenvalue weighted by atomic mass is 10.1. The molecular weight excluding hydrogens is 357 g/mol. The first-order valence-electron chi connectivity index (χ1n) is 6.58. The monoisotopic (exact) mass is 373 g/mol. The molecule has 19 heavy (non-hydrogen) atoms. The van der Waals surface area contributed by atoms with Gasteiger partial charge in [-0.15, -0.1) is 0 Å². The number of hydrogen-bond acceptors (Lipinski definition) is 4. The summed E-state index contributed by atoms with van der Waals surface area (Å²) < 4.78 is 0.905. The molecular formula is C13H16IN3O2. The number of fused-ring (bicyclic) bond motifs is 2. The lowest BCUT2D eigenvalue weighted by Gasteiger charge is -2.26. The van der Waals surface area contributed by atoms with Crippen LogP contribution in [0.15, 0.2) is 18.2 Å². The van der Waals surface area contributed by atoms with Crippen LogP contribution in [0.2, 0.25) is 0 Å². The highest BCUT2D eigenvalue weighted by atomic mass is 127. The summed E-state index contributed by atoms with van der Waals surface area (Å²) in [5.41, 5.74) is 0.990. The maximum atomic E-state index is 11.2. The summed E-state index contributed by atoms with van der Waals surface area (Å²) in [6, 6.07) is 6.56. The lowest BCUT2D eigenvalue weighted by Crippen LogP contribution is -2.35. The van der Waals surface area contributed by atoms with E-state index in [0.29, 0.717) is 12.1 Å². The minimum Gasteiger partial charge on any atom is -0.364 e. The van der Waals surface area contributed by atoms with Crippen LogP contribution in [-0.4, -0.2) is 30.1 Å². The van der Waals surface area contributed by atoms with Crippen molar-refractivity contribution in [2.45, 2.75) is 31.3 Å². The van der Waals surface area contributed by atoms with Crippen LogP contribution in [0.4, 0.5) is 11.4 Å². The molecule has 1 N–H and O–H groups in total. The quantitative estimate of drug-likeness (QED) is 0.492. The molecule has 0 radical (unpaired) electrons. The Morgan fingerprint density at radius 1 is 1.32 bits per heavy atom. The van der Waals surface area contributed by atoms with E-state index in [1.165, 1.54) is 12.8 Å². The van der Waals surface area contributed by atoms with Crippen molar-refractivity contribution in [2.24, 2.45) is 0 Å². The highest BCUT2D eigenvalue weighted by Crippen LogP contribution is 2.32. The molecule has 102 valence electrons. The topological polar surface area (TPSA) is 58.4 Å². The smallest absolute Gasteiger partial charge is 0.293 e. The Kier molecular flexibility index (Phi) is 3.62. The van der Waals surface area contributed by atoms with Gasteiger partial charge in [0.2, 0.25) is 0 Å². The van der Waals surface area contributed by atoms with Crippen LogP contribution >= 0.6 is 22.6 Å². The minimum absolute atomic E-state index is 0.227. The molecule has 1 aromatic carbocycles. The molecule has 2 aliphatic heterocycles. The van der Waals surface area contributed by atoms with E-state index in [0.717, 1.165) is 28.8 Å². The molecule has 2 heterocycles. The number of halogens is 1. The van der Waals surface area contributed by atoms with Crippen molar-refractivity contribution in [3.63, 3.8) is 0 Å². The van der Waals surface area contributed by atoms with Gasteiger partial charge in [-0.1, -0.05) is 0 Å². The molecule has 1 aromatic rings. The molecule has 0 saturated carbocycles. The lowest BCUT2D eigenvalue weighted by molar-refractivity contribution is -0.384.